The van der Waals surface area contributed by atoms with Crippen LogP contribution in [0.25, 0.3) is 0 Å². The maximum Gasteiger partial charge on any atom is 0.152 e. The van der Waals surface area contributed by atoms with E-state index in [4.69, 9.17) is 21.3 Å². The Balaban J connectivity index is 1.56. The van der Waals surface area contributed by atoms with Crippen LogP contribution in [0.2, 0.25) is 5.02 Å². The molecule has 30 heavy (non-hydrogen) atoms. The summed E-state index contributed by atoms with van der Waals surface area (Å²) in [7, 11) is 0. The number of halogens is 2. The number of aryl methyl sites for hydroxylation is 2. The van der Waals surface area contributed by atoms with Crippen LogP contribution in [0.1, 0.15) is 56.3 Å². The lowest BCUT2D eigenvalue weighted by Gasteiger charge is -2.22. The van der Waals surface area contributed by atoms with E-state index >= 15 is 0 Å². The summed E-state index contributed by atoms with van der Waals surface area (Å²) in [6.07, 6.45) is 4.27. The topological polar surface area (TPSA) is 69.0 Å². The van der Waals surface area contributed by atoms with Gasteiger partial charge in [0.25, 0.3) is 0 Å². The van der Waals surface area contributed by atoms with Gasteiger partial charge >= 0.3 is 0 Å². The van der Waals surface area contributed by atoms with Crippen LogP contribution in [-0.4, -0.2) is 34.6 Å². The van der Waals surface area contributed by atoms with Crippen molar-refractivity contribution in [1.82, 2.24) is 9.97 Å². The number of fused-ring (bicyclic) bond motifs is 1. The van der Waals surface area contributed by atoms with E-state index in [1.807, 2.05) is 26.8 Å². The number of nitrogens with zero attached hydrogens (tertiary/aromatic N) is 4. The first-order valence-corrected chi connectivity index (χ1v) is 10.3. The summed E-state index contributed by atoms with van der Waals surface area (Å²) in [6.45, 7) is 8.19. The molecule has 0 saturated heterocycles. The van der Waals surface area contributed by atoms with E-state index in [0.717, 1.165) is 36.4 Å². The van der Waals surface area contributed by atoms with Gasteiger partial charge in [0.1, 0.15) is 30.3 Å². The SMILES string of the molecule is C/C(=N\OCC(C)(C)CO/N=C1\CCCc2ccc(C)nc21)c1ncc(Cl)cc1F. The normalized spacial score (nSPS) is 15.8. The van der Waals surface area contributed by atoms with Gasteiger partial charge in [-0.3, -0.25) is 9.97 Å². The molecule has 0 saturated carbocycles. The molecule has 2 aromatic heterocycles. The third-order valence-electron chi connectivity index (χ3n) is 4.69. The van der Waals surface area contributed by atoms with Crippen molar-refractivity contribution in [1.29, 1.82) is 0 Å². The van der Waals surface area contributed by atoms with E-state index in [1.54, 1.807) is 6.92 Å². The van der Waals surface area contributed by atoms with Gasteiger partial charge < -0.3 is 9.68 Å². The van der Waals surface area contributed by atoms with Crippen molar-refractivity contribution in [2.75, 3.05) is 13.2 Å². The highest BCUT2D eigenvalue weighted by molar-refractivity contribution is 6.30. The van der Waals surface area contributed by atoms with Gasteiger partial charge in [0.2, 0.25) is 0 Å². The second-order valence-corrected chi connectivity index (χ2v) is 8.66. The van der Waals surface area contributed by atoms with Gasteiger partial charge in [-0.05, 0) is 50.8 Å². The van der Waals surface area contributed by atoms with E-state index in [0.29, 0.717) is 12.3 Å². The number of aromatic nitrogens is 2. The number of hydrogen-bond acceptors (Lipinski definition) is 6. The summed E-state index contributed by atoms with van der Waals surface area (Å²) in [4.78, 5) is 19.6. The van der Waals surface area contributed by atoms with Gasteiger partial charge in [0, 0.05) is 17.3 Å². The van der Waals surface area contributed by atoms with E-state index in [1.165, 1.54) is 17.8 Å². The van der Waals surface area contributed by atoms with Crippen LogP contribution in [0.3, 0.4) is 0 Å². The summed E-state index contributed by atoms with van der Waals surface area (Å²) >= 11 is 5.72. The molecule has 3 rings (SSSR count). The van der Waals surface area contributed by atoms with Crippen molar-refractivity contribution >= 4 is 23.0 Å². The molecule has 6 nitrogen and oxygen atoms in total. The molecule has 0 amide bonds. The van der Waals surface area contributed by atoms with Crippen molar-refractivity contribution in [3.8, 4) is 0 Å². The van der Waals surface area contributed by atoms with Gasteiger partial charge in [0.15, 0.2) is 5.82 Å². The number of rotatable bonds is 7. The van der Waals surface area contributed by atoms with E-state index < -0.39 is 5.82 Å². The maximum atomic E-state index is 13.9. The minimum atomic E-state index is -0.539. The molecule has 0 aliphatic heterocycles. The van der Waals surface area contributed by atoms with E-state index in [2.05, 4.69) is 26.3 Å². The Kier molecular flexibility index (Phi) is 7.02. The van der Waals surface area contributed by atoms with Crippen LogP contribution in [0.15, 0.2) is 34.7 Å². The Morgan fingerprint density at radius 3 is 2.77 bits per heavy atom. The Morgan fingerprint density at radius 1 is 1.23 bits per heavy atom. The first-order chi connectivity index (χ1) is 14.2. The highest BCUT2D eigenvalue weighted by Crippen LogP contribution is 2.22. The summed E-state index contributed by atoms with van der Waals surface area (Å²) in [6, 6.07) is 5.33. The average molecular weight is 433 g/mol. The first-order valence-electron chi connectivity index (χ1n) is 9.89. The Morgan fingerprint density at radius 2 is 2.00 bits per heavy atom. The quantitative estimate of drug-likeness (QED) is 0.450. The minimum Gasteiger partial charge on any atom is -0.395 e. The number of hydrogen-bond donors (Lipinski definition) is 0. The van der Waals surface area contributed by atoms with Crippen LogP contribution < -0.4 is 0 Å². The maximum absolute atomic E-state index is 13.9. The molecule has 0 atom stereocenters. The average Bonchev–Trinajstić information content (AvgIpc) is 2.68. The van der Waals surface area contributed by atoms with Gasteiger partial charge in [0.05, 0.1) is 10.7 Å². The Hall–Kier alpha value is -2.54. The standard InChI is InChI=1S/C22H26ClFN4O2/c1-14-8-9-16-6-5-7-19(21(16)26-14)28-30-13-22(3,4)12-29-27-15(2)20-18(24)10-17(23)11-25-20/h8-11H,5-7,12-13H2,1-4H3/b27-15+,28-19+. The molecule has 8 heteroatoms. The fourth-order valence-electron chi connectivity index (χ4n) is 3.05. The highest BCUT2D eigenvalue weighted by atomic mass is 35.5. The molecule has 160 valence electrons. The molecule has 0 unspecified atom stereocenters. The molecule has 0 fully saturated rings. The fraction of sp³-hybridized carbons (Fsp3) is 0.455. The second-order valence-electron chi connectivity index (χ2n) is 8.22. The summed E-state index contributed by atoms with van der Waals surface area (Å²) in [5.74, 6) is -0.539. The zero-order valence-electron chi connectivity index (χ0n) is 17.7. The molecule has 0 spiro atoms. The lowest BCUT2D eigenvalue weighted by Crippen LogP contribution is -2.24. The van der Waals surface area contributed by atoms with Gasteiger partial charge in [-0.25, -0.2) is 4.39 Å². The molecular weight excluding hydrogens is 407 g/mol. The smallest absolute Gasteiger partial charge is 0.152 e. The molecule has 0 bridgehead atoms. The molecule has 2 aromatic rings. The van der Waals surface area contributed by atoms with Crippen LogP contribution in [0.5, 0.6) is 0 Å². The van der Waals surface area contributed by atoms with Crippen molar-refractivity contribution < 1.29 is 14.1 Å². The fourth-order valence-corrected chi connectivity index (χ4v) is 3.19. The predicted octanol–water partition coefficient (Wildman–Crippen LogP) is 5.10. The van der Waals surface area contributed by atoms with Gasteiger partial charge in [-0.1, -0.05) is 41.8 Å². The molecule has 0 aromatic carbocycles. The third kappa shape index (κ3) is 5.75. The lowest BCUT2D eigenvalue weighted by atomic mass is 9.94. The summed E-state index contributed by atoms with van der Waals surface area (Å²) in [5.41, 5.74) is 4.10. The zero-order chi connectivity index (χ0) is 21.7. The molecule has 0 N–H and O–H groups in total. The van der Waals surface area contributed by atoms with Crippen molar-refractivity contribution in [2.24, 2.45) is 15.7 Å². The first kappa shape index (κ1) is 22.2. The Bertz CT molecular complexity index is 976. The van der Waals surface area contributed by atoms with E-state index in [-0.39, 0.29) is 22.7 Å². The summed E-state index contributed by atoms with van der Waals surface area (Å²) < 4.78 is 13.9. The Labute approximate surface area is 181 Å². The number of oxime groups is 2. The highest BCUT2D eigenvalue weighted by Gasteiger charge is 2.22. The molecule has 1 aliphatic rings. The molecule has 0 radical (unpaired) electrons. The zero-order valence-corrected chi connectivity index (χ0v) is 18.5. The monoisotopic (exact) mass is 432 g/mol. The largest absolute Gasteiger partial charge is 0.395 e. The molecular formula is C22H26ClFN4O2. The second kappa shape index (κ2) is 9.51. The minimum absolute atomic E-state index is 0.110. The van der Waals surface area contributed by atoms with Crippen molar-refractivity contribution in [3.05, 3.63) is 57.9 Å². The van der Waals surface area contributed by atoms with Gasteiger partial charge in [-0.15, -0.1) is 0 Å². The van der Waals surface area contributed by atoms with E-state index in [9.17, 15) is 4.39 Å². The summed E-state index contributed by atoms with van der Waals surface area (Å²) in [5, 5.41) is 8.56. The lowest BCUT2D eigenvalue weighted by molar-refractivity contribution is -0.000173. The molecule has 2 heterocycles. The van der Waals surface area contributed by atoms with Crippen LogP contribution in [-0.2, 0) is 16.1 Å². The predicted molar refractivity (Wildman–Crippen MR) is 116 cm³/mol. The van der Waals surface area contributed by atoms with Crippen LogP contribution >= 0.6 is 11.6 Å². The van der Waals surface area contributed by atoms with Crippen LogP contribution in [0.4, 0.5) is 4.39 Å². The third-order valence-corrected chi connectivity index (χ3v) is 4.90. The number of pyridine rings is 2. The van der Waals surface area contributed by atoms with Crippen molar-refractivity contribution in [2.45, 2.75) is 47.0 Å². The van der Waals surface area contributed by atoms with Crippen LogP contribution in [0, 0.1) is 18.2 Å². The molecule has 1 aliphatic carbocycles. The van der Waals surface area contributed by atoms with Crippen molar-refractivity contribution in [3.63, 3.8) is 0 Å². The van der Waals surface area contributed by atoms with Gasteiger partial charge in [-0.2, -0.15) is 0 Å².